The highest BCUT2D eigenvalue weighted by Crippen LogP contribution is 2.33. The van der Waals surface area contributed by atoms with E-state index in [1.54, 1.807) is 7.11 Å². The Bertz CT molecular complexity index is 619. The maximum Gasteiger partial charge on any atom is 0.191 e. The maximum atomic E-state index is 5.89. The molecule has 2 rings (SSSR count). The molecule has 1 aliphatic rings. The van der Waals surface area contributed by atoms with Gasteiger partial charge in [0, 0.05) is 43.7 Å². The fourth-order valence-electron chi connectivity index (χ4n) is 3.11. The molecule has 6 nitrogen and oxygen atoms in total. The molecule has 1 aliphatic heterocycles. The number of guanidine groups is 1. The average Bonchev–Trinajstić information content (AvgIpc) is 2.72. The molecule has 0 bridgehead atoms. The first-order chi connectivity index (χ1) is 13.6. The number of methoxy groups -OCH3 is 1. The lowest BCUT2D eigenvalue weighted by Crippen LogP contribution is -2.47. The van der Waals surface area contributed by atoms with Gasteiger partial charge in [0.15, 0.2) is 5.96 Å². The van der Waals surface area contributed by atoms with Crippen LogP contribution in [0.3, 0.4) is 0 Å². The van der Waals surface area contributed by atoms with Gasteiger partial charge in [0.05, 0.1) is 13.2 Å². The lowest BCUT2D eigenvalue weighted by atomic mass is 9.99. The summed E-state index contributed by atoms with van der Waals surface area (Å²) in [4.78, 5) is 4.79. The minimum Gasteiger partial charge on any atom is -0.491 e. The average molecular weight is 410 g/mol. The maximum absolute atomic E-state index is 5.89. The first-order valence-electron chi connectivity index (χ1n) is 9.99. The molecule has 1 aromatic rings. The predicted molar refractivity (Wildman–Crippen MR) is 118 cm³/mol. The Morgan fingerprint density at radius 1 is 1.25 bits per heavy atom. The summed E-state index contributed by atoms with van der Waals surface area (Å²) in [7, 11) is 1.68. The molecule has 0 aliphatic carbocycles. The van der Waals surface area contributed by atoms with Crippen molar-refractivity contribution in [2.45, 2.75) is 38.0 Å². The number of rotatable bonds is 10. The molecule has 0 spiro atoms. The zero-order valence-corrected chi connectivity index (χ0v) is 18.5. The van der Waals surface area contributed by atoms with Crippen LogP contribution in [0.5, 0.6) is 5.75 Å². The van der Waals surface area contributed by atoms with Gasteiger partial charge >= 0.3 is 0 Å². The molecule has 158 valence electrons. The fraction of sp³-hybridized carbons (Fsp3) is 0.667. The first kappa shape index (κ1) is 22.8. The predicted octanol–water partition coefficient (Wildman–Crippen LogP) is 2.99. The van der Waals surface area contributed by atoms with Crippen LogP contribution >= 0.6 is 11.8 Å². The third-order valence-corrected chi connectivity index (χ3v) is 6.35. The molecule has 1 fully saturated rings. The second-order valence-corrected chi connectivity index (χ2v) is 8.27. The van der Waals surface area contributed by atoms with Gasteiger partial charge in [-0.25, -0.2) is 4.99 Å². The molecule has 1 aromatic carbocycles. The van der Waals surface area contributed by atoms with Crippen molar-refractivity contribution in [1.29, 1.82) is 0 Å². The van der Waals surface area contributed by atoms with E-state index in [-0.39, 0.29) is 4.75 Å². The smallest absolute Gasteiger partial charge is 0.191 e. The number of nitrogens with one attached hydrogen (secondary N) is 2. The van der Waals surface area contributed by atoms with E-state index in [0.717, 1.165) is 56.4 Å². The number of benzene rings is 1. The number of hydrogen-bond donors (Lipinski definition) is 2. The SMILES string of the molecule is CCNC(=NCc1ccc(C)cc1OCCOC)NCC1(SC)CCOCC1. The van der Waals surface area contributed by atoms with Crippen LogP contribution in [0.4, 0.5) is 0 Å². The molecular weight excluding hydrogens is 374 g/mol. The Kier molecular flexibility index (Phi) is 9.95. The fourth-order valence-corrected chi connectivity index (χ4v) is 3.90. The Hall–Kier alpha value is -1.44. The Morgan fingerprint density at radius 3 is 2.71 bits per heavy atom. The van der Waals surface area contributed by atoms with Gasteiger partial charge in [0.1, 0.15) is 12.4 Å². The van der Waals surface area contributed by atoms with Gasteiger partial charge in [-0.15, -0.1) is 0 Å². The van der Waals surface area contributed by atoms with Crippen molar-refractivity contribution in [2.24, 2.45) is 4.99 Å². The number of thioether (sulfide) groups is 1. The van der Waals surface area contributed by atoms with Crippen molar-refractivity contribution in [1.82, 2.24) is 10.6 Å². The summed E-state index contributed by atoms with van der Waals surface area (Å²) >= 11 is 1.93. The van der Waals surface area contributed by atoms with Gasteiger partial charge in [-0.3, -0.25) is 0 Å². The Balaban J connectivity index is 2.03. The zero-order chi connectivity index (χ0) is 20.2. The molecule has 0 unspecified atom stereocenters. The van der Waals surface area contributed by atoms with Crippen LogP contribution in [0.15, 0.2) is 23.2 Å². The molecule has 0 amide bonds. The van der Waals surface area contributed by atoms with Crippen LogP contribution in [-0.4, -0.2) is 63.6 Å². The van der Waals surface area contributed by atoms with E-state index in [4.69, 9.17) is 19.2 Å². The van der Waals surface area contributed by atoms with Crippen molar-refractivity contribution in [3.05, 3.63) is 29.3 Å². The second-order valence-electron chi connectivity index (χ2n) is 7.00. The molecule has 0 radical (unpaired) electrons. The summed E-state index contributed by atoms with van der Waals surface area (Å²) in [6, 6.07) is 6.25. The summed E-state index contributed by atoms with van der Waals surface area (Å²) < 4.78 is 16.7. The van der Waals surface area contributed by atoms with Gasteiger partial charge in [-0.05, 0) is 44.6 Å². The van der Waals surface area contributed by atoms with Crippen LogP contribution < -0.4 is 15.4 Å². The van der Waals surface area contributed by atoms with Crippen molar-refractivity contribution >= 4 is 17.7 Å². The first-order valence-corrected chi connectivity index (χ1v) is 11.2. The lowest BCUT2D eigenvalue weighted by molar-refractivity contribution is 0.0783. The Morgan fingerprint density at radius 2 is 2.04 bits per heavy atom. The third-order valence-electron chi connectivity index (χ3n) is 4.93. The zero-order valence-electron chi connectivity index (χ0n) is 17.7. The molecule has 0 aromatic heterocycles. The summed E-state index contributed by atoms with van der Waals surface area (Å²) in [5.41, 5.74) is 2.25. The normalized spacial score (nSPS) is 16.6. The van der Waals surface area contributed by atoms with E-state index in [1.165, 1.54) is 5.56 Å². The minimum atomic E-state index is 0.215. The highest BCUT2D eigenvalue weighted by Gasteiger charge is 2.31. The van der Waals surface area contributed by atoms with E-state index in [2.05, 4.69) is 48.9 Å². The van der Waals surface area contributed by atoms with Gasteiger partial charge < -0.3 is 24.8 Å². The monoisotopic (exact) mass is 409 g/mol. The number of hydrogen-bond acceptors (Lipinski definition) is 5. The summed E-state index contributed by atoms with van der Waals surface area (Å²) in [5, 5.41) is 6.89. The third kappa shape index (κ3) is 7.18. The van der Waals surface area contributed by atoms with Crippen molar-refractivity contribution in [3.63, 3.8) is 0 Å². The van der Waals surface area contributed by atoms with Gasteiger partial charge in [-0.2, -0.15) is 11.8 Å². The summed E-state index contributed by atoms with van der Waals surface area (Å²) in [5.74, 6) is 1.72. The molecule has 2 N–H and O–H groups in total. The van der Waals surface area contributed by atoms with Gasteiger partial charge in [-0.1, -0.05) is 12.1 Å². The lowest BCUT2D eigenvalue weighted by Gasteiger charge is -2.36. The van der Waals surface area contributed by atoms with Gasteiger partial charge in [0.25, 0.3) is 0 Å². The van der Waals surface area contributed by atoms with Crippen LogP contribution in [0, 0.1) is 6.92 Å². The highest BCUT2D eigenvalue weighted by atomic mass is 32.2. The van der Waals surface area contributed by atoms with E-state index >= 15 is 0 Å². The van der Waals surface area contributed by atoms with Crippen molar-refractivity contribution < 1.29 is 14.2 Å². The summed E-state index contributed by atoms with van der Waals surface area (Å²) in [6.07, 6.45) is 4.32. The molecule has 7 heteroatoms. The number of aliphatic imine (C=N–C) groups is 1. The van der Waals surface area contributed by atoms with Crippen LogP contribution in [0.2, 0.25) is 0 Å². The van der Waals surface area contributed by atoms with E-state index < -0.39 is 0 Å². The van der Waals surface area contributed by atoms with E-state index in [1.807, 2.05) is 11.8 Å². The standard InChI is InChI=1S/C21H35N3O3S/c1-5-22-20(24-16-21(28-4)8-10-26-11-9-21)23-15-18-7-6-17(2)14-19(18)27-13-12-25-3/h6-7,14H,5,8-13,15-16H2,1-4H3,(H2,22,23,24). The topological polar surface area (TPSA) is 64.1 Å². The largest absolute Gasteiger partial charge is 0.491 e. The quantitative estimate of drug-likeness (QED) is 0.352. The number of nitrogens with zero attached hydrogens (tertiary/aromatic N) is 1. The highest BCUT2D eigenvalue weighted by molar-refractivity contribution is 8.00. The van der Waals surface area contributed by atoms with Crippen molar-refractivity contribution in [2.75, 3.05) is 52.9 Å². The second kappa shape index (κ2) is 12.2. The van der Waals surface area contributed by atoms with E-state index in [9.17, 15) is 0 Å². The van der Waals surface area contributed by atoms with Crippen LogP contribution in [0.1, 0.15) is 30.9 Å². The molecule has 1 saturated heterocycles. The summed E-state index contributed by atoms with van der Waals surface area (Å²) in [6.45, 7) is 9.20. The molecule has 0 atom stereocenters. The minimum absolute atomic E-state index is 0.215. The molecule has 28 heavy (non-hydrogen) atoms. The van der Waals surface area contributed by atoms with E-state index in [0.29, 0.717) is 19.8 Å². The molecular formula is C21H35N3O3S. The van der Waals surface area contributed by atoms with Gasteiger partial charge in [0.2, 0.25) is 0 Å². The van der Waals surface area contributed by atoms with Crippen LogP contribution in [-0.2, 0) is 16.0 Å². The van der Waals surface area contributed by atoms with Crippen LogP contribution in [0.25, 0.3) is 0 Å². The molecule has 1 heterocycles. The number of aryl methyl sites for hydroxylation is 1. The molecule has 0 saturated carbocycles. The number of ether oxygens (including phenoxy) is 3. The van der Waals surface area contributed by atoms with Crippen molar-refractivity contribution in [3.8, 4) is 5.75 Å². The Labute approximate surface area is 173 Å².